The van der Waals surface area contributed by atoms with Gasteiger partial charge in [-0.3, -0.25) is 4.79 Å². The highest BCUT2D eigenvalue weighted by molar-refractivity contribution is 7.90. The average Bonchev–Trinajstić information content (AvgIpc) is 3.52. The van der Waals surface area contributed by atoms with Crippen molar-refractivity contribution in [1.29, 1.82) is 0 Å². The maximum atomic E-state index is 12.6. The van der Waals surface area contributed by atoms with Crippen LogP contribution >= 0.6 is 0 Å². The fourth-order valence-electron chi connectivity index (χ4n) is 2.72. The number of rotatable bonds is 14. The van der Waals surface area contributed by atoms with E-state index in [0.717, 1.165) is 0 Å². The molecule has 0 spiro atoms. The van der Waals surface area contributed by atoms with E-state index in [2.05, 4.69) is 21.4 Å². The Morgan fingerprint density at radius 1 is 1.20 bits per heavy atom. The molecule has 0 aromatic heterocycles. The van der Waals surface area contributed by atoms with Crippen LogP contribution in [0, 0.1) is 11.8 Å². The van der Waals surface area contributed by atoms with Crippen LogP contribution in [0.2, 0.25) is 0 Å². The normalized spacial score (nSPS) is 17.8. The van der Waals surface area contributed by atoms with E-state index in [4.69, 9.17) is 9.47 Å². The van der Waals surface area contributed by atoms with E-state index in [9.17, 15) is 18.0 Å². The number of sulfonamides is 1. The van der Waals surface area contributed by atoms with Gasteiger partial charge in [-0.25, -0.2) is 17.9 Å². The average molecular weight is 441 g/mol. The highest BCUT2D eigenvalue weighted by Crippen LogP contribution is 2.39. The monoisotopic (exact) mass is 440 g/mol. The molecule has 0 bridgehead atoms. The Morgan fingerprint density at radius 2 is 1.93 bits per heavy atom. The third kappa shape index (κ3) is 7.43. The quantitative estimate of drug-likeness (QED) is 0.253. The molecule has 9 nitrogen and oxygen atoms in total. The molecule has 166 valence electrons. The molecule has 1 fully saturated rings. The number of anilines is 1. The lowest BCUT2D eigenvalue weighted by Gasteiger charge is -2.13. The number of benzene rings is 1. The molecule has 10 heteroatoms. The topological polar surface area (TPSA) is 120 Å². The van der Waals surface area contributed by atoms with E-state index in [1.807, 2.05) is 0 Å². The van der Waals surface area contributed by atoms with Gasteiger partial charge in [-0.15, -0.1) is 6.58 Å². The molecule has 1 saturated carbocycles. The summed E-state index contributed by atoms with van der Waals surface area (Å²) >= 11 is 0. The molecule has 0 heterocycles. The van der Waals surface area contributed by atoms with E-state index in [-0.39, 0.29) is 23.3 Å². The van der Waals surface area contributed by atoms with Gasteiger partial charge in [0.25, 0.3) is 10.0 Å². The smallest absolute Gasteiger partial charge is 0.331 e. The minimum Gasteiger partial charge on any atom is -0.467 e. The maximum absolute atomic E-state index is 12.6. The Balaban J connectivity index is 1.74. The summed E-state index contributed by atoms with van der Waals surface area (Å²) in [5.41, 5.74) is 0.388. The molecule has 0 saturated heterocycles. The molecular weight excluding hydrogens is 412 g/mol. The SMILES string of the molecule is C=C[C@@H]1C[C@@H]1C(=O)NS(=O)(=O)c1ccccc1NCCOCCCOCC(=O)OC. The number of carbonyl (C=O) groups excluding carboxylic acids is 2. The number of ether oxygens (including phenoxy) is 3. The van der Waals surface area contributed by atoms with Gasteiger partial charge < -0.3 is 19.5 Å². The van der Waals surface area contributed by atoms with E-state index >= 15 is 0 Å². The number of nitrogens with one attached hydrogen (secondary N) is 2. The predicted molar refractivity (Wildman–Crippen MR) is 110 cm³/mol. The van der Waals surface area contributed by atoms with Crippen LogP contribution in [0.5, 0.6) is 0 Å². The van der Waals surface area contributed by atoms with Crippen molar-refractivity contribution >= 4 is 27.6 Å². The van der Waals surface area contributed by atoms with E-state index in [1.54, 1.807) is 24.3 Å². The Bertz CT molecular complexity index is 841. The summed E-state index contributed by atoms with van der Waals surface area (Å²) in [6, 6.07) is 6.37. The maximum Gasteiger partial charge on any atom is 0.331 e. The first-order valence-electron chi connectivity index (χ1n) is 9.63. The highest BCUT2D eigenvalue weighted by Gasteiger charge is 2.42. The lowest BCUT2D eigenvalue weighted by Crippen LogP contribution is -2.32. The van der Waals surface area contributed by atoms with Crippen LogP contribution < -0.4 is 10.0 Å². The fourth-order valence-corrected chi connectivity index (χ4v) is 3.94. The van der Waals surface area contributed by atoms with Gasteiger partial charge in [-0.1, -0.05) is 18.2 Å². The summed E-state index contributed by atoms with van der Waals surface area (Å²) in [5.74, 6) is -1.23. The summed E-state index contributed by atoms with van der Waals surface area (Å²) in [7, 11) is -2.69. The number of hydrogen-bond donors (Lipinski definition) is 2. The molecular formula is C20H28N2O7S. The Hall–Kier alpha value is -2.43. The van der Waals surface area contributed by atoms with Gasteiger partial charge in [0.05, 0.1) is 19.4 Å². The van der Waals surface area contributed by atoms with Crippen LogP contribution in [-0.4, -0.2) is 60.4 Å². The minimum absolute atomic E-state index is 0.00497. The zero-order valence-electron chi connectivity index (χ0n) is 17.0. The molecule has 0 aliphatic heterocycles. The van der Waals surface area contributed by atoms with Crippen molar-refractivity contribution in [3.63, 3.8) is 0 Å². The number of amides is 1. The molecule has 1 aliphatic carbocycles. The first kappa shape index (κ1) is 23.8. The van der Waals surface area contributed by atoms with Gasteiger partial charge in [-0.05, 0) is 30.9 Å². The van der Waals surface area contributed by atoms with Crippen molar-refractivity contribution in [3.8, 4) is 0 Å². The summed E-state index contributed by atoms with van der Waals surface area (Å²) in [4.78, 5) is 23.0. The van der Waals surface area contributed by atoms with Crippen molar-refractivity contribution < 1.29 is 32.2 Å². The van der Waals surface area contributed by atoms with Crippen molar-refractivity contribution in [2.45, 2.75) is 17.7 Å². The fraction of sp³-hybridized carbons (Fsp3) is 0.500. The second-order valence-corrected chi connectivity index (χ2v) is 8.38. The van der Waals surface area contributed by atoms with Crippen molar-refractivity contribution in [2.75, 3.05) is 45.4 Å². The van der Waals surface area contributed by atoms with Crippen molar-refractivity contribution in [3.05, 3.63) is 36.9 Å². The predicted octanol–water partition coefficient (Wildman–Crippen LogP) is 1.32. The molecule has 30 heavy (non-hydrogen) atoms. The third-order valence-corrected chi connectivity index (χ3v) is 5.88. The van der Waals surface area contributed by atoms with Crippen LogP contribution in [0.15, 0.2) is 41.8 Å². The third-order valence-electron chi connectivity index (χ3n) is 4.48. The first-order valence-corrected chi connectivity index (χ1v) is 11.1. The standard InChI is InChI=1S/C20H28N2O7S/c1-3-15-13-16(15)20(24)22-30(25,26)18-8-5-4-7-17(18)21-9-12-28-10-6-11-29-14-19(23)27-2/h3-5,7-8,15-16,21H,1,6,9-14H2,2H3,(H,22,24)/t15-,16+/m1/s1. The van der Waals surface area contributed by atoms with Crippen molar-refractivity contribution in [1.82, 2.24) is 4.72 Å². The summed E-state index contributed by atoms with van der Waals surface area (Å²) in [6.45, 7) is 5.07. The van der Waals surface area contributed by atoms with E-state index < -0.39 is 21.9 Å². The number of allylic oxidation sites excluding steroid dienone is 1. The Kier molecular flexibility index (Phi) is 9.28. The summed E-state index contributed by atoms with van der Waals surface area (Å²) < 4.78 is 42.4. The molecule has 2 atom stereocenters. The number of esters is 1. The second kappa shape index (κ2) is 11.7. The number of para-hydroxylation sites is 1. The zero-order valence-corrected chi connectivity index (χ0v) is 17.8. The van der Waals surface area contributed by atoms with E-state index in [1.165, 1.54) is 13.2 Å². The largest absolute Gasteiger partial charge is 0.467 e. The lowest BCUT2D eigenvalue weighted by atomic mass is 10.3. The number of methoxy groups -OCH3 is 1. The molecule has 1 aromatic rings. The molecule has 1 aromatic carbocycles. The van der Waals surface area contributed by atoms with Gasteiger partial charge in [0, 0.05) is 25.7 Å². The van der Waals surface area contributed by atoms with E-state index in [0.29, 0.717) is 44.9 Å². The molecule has 1 amide bonds. The van der Waals surface area contributed by atoms with Crippen LogP contribution in [-0.2, 0) is 33.8 Å². The lowest BCUT2D eigenvalue weighted by molar-refractivity contribution is -0.146. The summed E-state index contributed by atoms with van der Waals surface area (Å²) in [5, 5.41) is 3.02. The minimum atomic E-state index is -3.99. The highest BCUT2D eigenvalue weighted by atomic mass is 32.2. The van der Waals surface area contributed by atoms with Gasteiger partial charge in [0.15, 0.2) is 0 Å². The number of hydrogen-bond acceptors (Lipinski definition) is 8. The van der Waals surface area contributed by atoms with Gasteiger partial charge in [0.1, 0.15) is 11.5 Å². The van der Waals surface area contributed by atoms with Crippen LogP contribution in [0.25, 0.3) is 0 Å². The molecule has 1 aliphatic rings. The van der Waals surface area contributed by atoms with Crippen LogP contribution in [0.4, 0.5) is 5.69 Å². The van der Waals surface area contributed by atoms with Gasteiger partial charge in [0.2, 0.25) is 5.91 Å². The molecule has 2 rings (SSSR count). The Labute approximate surface area is 176 Å². The molecule has 2 N–H and O–H groups in total. The Morgan fingerprint density at radius 3 is 2.63 bits per heavy atom. The summed E-state index contributed by atoms with van der Waals surface area (Å²) in [6.07, 6.45) is 2.90. The molecule has 0 radical (unpaired) electrons. The van der Waals surface area contributed by atoms with Crippen LogP contribution in [0.1, 0.15) is 12.8 Å². The van der Waals surface area contributed by atoms with Crippen LogP contribution in [0.3, 0.4) is 0 Å². The molecule has 0 unspecified atom stereocenters. The number of carbonyl (C=O) groups is 2. The van der Waals surface area contributed by atoms with Gasteiger partial charge in [-0.2, -0.15) is 0 Å². The van der Waals surface area contributed by atoms with Crippen molar-refractivity contribution in [2.24, 2.45) is 11.8 Å². The first-order chi connectivity index (χ1) is 14.4. The second-order valence-electron chi connectivity index (χ2n) is 6.73. The van der Waals surface area contributed by atoms with Gasteiger partial charge >= 0.3 is 5.97 Å². The zero-order chi connectivity index (χ0) is 22.0.